The number of aromatic nitrogens is 1. The highest BCUT2D eigenvalue weighted by Crippen LogP contribution is 2.21. The molecule has 0 aliphatic rings. The minimum atomic E-state index is -4.25. The molecule has 4 nitrogen and oxygen atoms in total. The van der Waals surface area contributed by atoms with Crippen LogP contribution in [0.1, 0.15) is 17.4 Å². The largest absolute Gasteiger partial charge is 0.384 e. The van der Waals surface area contributed by atoms with Gasteiger partial charge in [0.25, 0.3) is 5.91 Å². The summed E-state index contributed by atoms with van der Waals surface area (Å²) in [6.07, 6.45) is -2.47. The molecule has 0 bridgehead atoms. The summed E-state index contributed by atoms with van der Waals surface area (Å²) in [4.78, 5) is 15.1. The van der Waals surface area contributed by atoms with E-state index in [2.05, 4.69) is 10.3 Å². The molecule has 106 valence electrons. The van der Waals surface area contributed by atoms with Crippen molar-refractivity contribution >= 4 is 11.6 Å². The number of carbonyl (C=O) groups is 1. The highest BCUT2D eigenvalue weighted by atomic mass is 19.3. The van der Waals surface area contributed by atoms with E-state index < -0.39 is 24.8 Å². The van der Waals surface area contributed by atoms with Gasteiger partial charge in [0, 0.05) is 6.54 Å². The molecule has 0 radical (unpaired) electrons. The van der Waals surface area contributed by atoms with Crippen molar-refractivity contribution in [3.8, 4) is 0 Å². The van der Waals surface area contributed by atoms with Crippen molar-refractivity contribution in [2.75, 3.05) is 18.4 Å². The van der Waals surface area contributed by atoms with Crippen LogP contribution in [0.3, 0.4) is 0 Å². The van der Waals surface area contributed by atoms with Crippen LogP contribution < -0.4 is 10.6 Å². The fourth-order valence-corrected chi connectivity index (χ4v) is 1.20. The molecule has 1 rings (SSSR count). The van der Waals surface area contributed by atoms with Gasteiger partial charge in [-0.3, -0.25) is 4.79 Å². The van der Waals surface area contributed by atoms with Gasteiger partial charge in [0.05, 0.1) is 18.4 Å². The van der Waals surface area contributed by atoms with E-state index in [4.69, 9.17) is 0 Å². The smallest absolute Gasteiger partial charge is 0.324 e. The summed E-state index contributed by atoms with van der Waals surface area (Å²) < 4.78 is 48.9. The molecule has 0 spiro atoms. The molecule has 8 heteroatoms. The first-order chi connectivity index (χ1) is 8.86. The molecule has 0 aliphatic carbocycles. The van der Waals surface area contributed by atoms with Crippen molar-refractivity contribution in [1.29, 1.82) is 0 Å². The first-order valence-corrected chi connectivity index (χ1v) is 5.51. The van der Waals surface area contributed by atoms with Gasteiger partial charge in [0.1, 0.15) is 5.69 Å². The molecule has 0 aliphatic heterocycles. The highest BCUT2D eigenvalue weighted by Gasteiger charge is 2.40. The number of alkyl halides is 4. The van der Waals surface area contributed by atoms with Crippen molar-refractivity contribution in [2.45, 2.75) is 19.3 Å². The number of hydrogen-bond acceptors (Lipinski definition) is 3. The van der Waals surface area contributed by atoms with Gasteiger partial charge in [-0.2, -0.15) is 8.78 Å². The summed E-state index contributed by atoms with van der Waals surface area (Å²) in [5.74, 6) is -5.18. The first-order valence-electron chi connectivity index (χ1n) is 5.51. The molecule has 1 heterocycles. The van der Waals surface area contributed by atoms with Crippen molar-refractivity contribution in [1.82, 2.24) is 10.3 Å². The molecular weight excluding hydrogens is 266 g/mol. The van der Waals surface area contributed by atoms with E-state index in [-0.39, 0.29) is 5.69 Å². The number of anilines is 1. The summed E-state index contributed by atoms with van der Waals surface area (Å²) in [7, 11) is 0. The third-order valence-corrected chi connectivity index (χ3v) is 2.18. The molecule has 1 amide bonds. The summed E-state index contributed by atoms with van der Waals surface area (Å²) in [6.45, 7) is 1.10. The predicted octanol–water partition coefficient (Wildman–Crippen LogP) is 2.14. The lowest BCUT2D eigenvalue weighted by Gasteiger charge is -2.15. The quantitative estimate of drug-likeness (QED) is 0.784. The Labute approximate surface area is 107 Å². The van der Waals surface area contributed by atoms with E-state index in [0.717, 1.165) is 0 Å². The lowest BCUT2D eigenvalue weighted by atomic mass is 10.3. The number of pyridine rings is 1. The number of carbonyl (C=O) groups excluding carboxylic acids is 1. The van der Waals surface area contributed by atoms with Crippen LogP contribution in [0, 0.1) is 0 Å². The number of halogens is 4. The topological polar surface area (TPSA) is 54.0 Å². The molecule has 19 heavy (non-hydrogen) atoms. The van der Waals surface area contributed by atoms with Crippen LogP contribution in [0.2, 0.25) is 0 Å². The standard InChI is InChI=1S/C11H13F4N3O/c1-2-16-7-3-4-8(17-5-7)9(19)18-6-11(14,15)10(12)13/h3-5,10,16H,2,6H2,1H3,(H,18,19). The molecule has 0 atom stereocenters. The van der Waals surface area contributed by atoms with Crippen molar-refractivity contribution in [2.24, 2.45) is 0 Å². The van der Waals surface area contributed by atoms with Gasteiger partial charge in [0.2, 0.25) is 0 Å². The minimum absolute atomic E-state index is 0.119. The molecule has 0 saturated heterocycles. The Balaban J connectivity index is 2.59. The molecule has 0 unspecified atom stereocenters. The third kappa shape index (κ3) is 4.38. The van der Waals surface area contributed by atoms with Crippen molar-refractivity contribution < 1.29 is 22.4 Å². The SMILES string of the molecule is CCNc1ccc(C(=O)NCC(F)(F)C(F)F)nc1. The van der Waals surface area contributed by atoms with E-state index >= 15 is 0 Å². The number of hydrogen-bond donors (Lipinski definition) is 2. The van der Waals surface area contributed by atoms with Gasteiger partial charge >= 0.3 is 12.3 Å². The average molecular weight is 279 g/mol. The zero-order chi connectivity index (χ0) is 14.5. The van der Waals surface area contributed by atoms with Gasteiger partial charge in [-0.25, -0.2) is 13.8 Å². The average Bonchev–Trinajstić information content (AvgIpc) is 2.37. The van der Waals surface area contributed by atoms with Gasteiger partial charge in [-0.15, -0.1) is 0 Å². The number of rotatable bonds is 6. The Morgan fingerprint density at radius 1 is 1.42 bits per heavy atom. The number of amides is 1. The number of nitrogens with one attached hydrogen (secondary N) is 2. The molecule has 2 N–H and O–H groups in total. The van der Waals surface area contributed by atoms with Gasteiger partial charge in [-0.1, -0.05) is 0 Å². The number of nitrogens with zero attached hydrogens (tertiary/aromatic N) is 1. The van der Waals surface area contributed by atoms with Gasteiger partial charge in [-0.05, 0) is 19.1 Å². The van der Waals surface area contributed by atoms with Crippen LogP contribution in [0.4, 0.5) is 23.2 Å². The molecule has 1 aromatic heterocycles. The zero-order valence-electron chi connectivity index (χ0n) is 10.1. The third-order valence-electron chi connectivity index (χ3n) is 2.18. The summed E-state index contributed by atoms with van der Waals surface area (Å²) in [6, 6.07) is 2.85. The predicted molar refractivity (Wildman–Crippen MR) is 61.7 cm³/mol. The monoisotopic (exact) mass is 279 g/mol. The maximum absolute atomic E-state index is 12.6. The second-order valence-electron chi connectivity index (χ2n) is 3.71. The Morgan fingerprint density at radius 3 is 2.58 bits per heavy atom. The maximum Gasteiger partial charge on any atom is 0.324 e. The fourth-order valence-electron chi connectivity index (χ4n) is 1.20. The van der Waals surface area contributed by atoms with Crippen molar-refractivity contribution in [3.05, 3.63) is 24.0 Å². The van der Waals surface area contributed by atoms with Crippen LogP contribution in [0.5, 0.6) is 0 Å². The Bertz CT molecular complexity index is 422. The molecule has 0 fully saturated rings. The van der Waals surface area contributed by atoms with Crippen LogP contribution in [0.15, 0.2) is 18.3 Å². The van der Waals surface area contributed by atoms with E-state index in [9.17, 15) is 22.4 Å². The molecule has 0 saturated carbocycles. The lowest BCUT2D eigenvalue weighted by Crippen LogP contribution is -2.41. The highest BCUT2D eigenvalue weighted by molar-refractivity contribution is 5.92. The Kier molecular flexibility index (Phi) is 5.08. The Morgan fingerprint density at radius 2 is 2.11 bits per heavy atom. The minimum Gasteiger partial charge on any atom is -0.384 e. The van der Waals surface area contributed by atoms with Crippen LogP contribution in [-0.4, -0.2) is 36.3 Å². The fraction of sp³-hybridized carbons (Fsp3) is 0.455. The summed E-state index contributed by atoms with van der Waals surface area (Å²) in [5.41, 5.74) is 0.545. The summed E-state index contributed by atoms with van der Waals surface area (Å²) in [5, 5.41) is 4.65. The summed E-state index contributed by atoms with van der Waals surface area (Å²) >= 11 is 0. The molecule has 0 aromatic carbocycles. The normalized spacial score (nSPS) is 11.5. The molecular formula is C11H13F4N3O. The van der Waals surface area contributed by atoms with Crippen LogP contribution in [0.25, 0.3) is 0 Å². The van der Waals surface area contributed by atoms with Crippen molar-refractivity contribution in [3.63, 3.8) is 0 Å². The van der Waals surface area contributed by atoms with E-state index in [1.165, 1.54) is 18.3 Å². The van der Waals surface area contributed by atoms with Gasteiger partial charge < -0.3 is 10.6 Å². The second-order valence-corrected chi connectivity index (χ2v) is 3.71. The van der Waals surface area contributed by atoms with E-state index in [0.29, 0.717) is 12.2 Å². The van der Waals surface area contributed by atoms with Crippen LogP contribution in [-0.2, 0) is 0 Å². The zero-order valence-corrected chi connectivity index (χ0v) is 10.1. The van der Waals surface area contributed by atoms with Crippen LogP contribution >= 0.6 is 0 Å². The lowest BCUT2D eigenvalue weighted by molar-refractivity contribution is -0.123. The van der Waals surface area contributed by atoms with E-state index in [1.807, 2.05) is 6.92 Å². The first kappa shape index (κ1) is 15.2. The second kappa shape index (κ2) is 6.35. The maximum atomic E-state index is 12.6. The van der Waals surface area contributed by atoms with Gasteiger partial charge in [0.15, 0.2) is 0 Å². The van der Waals surface area contributed by atoms with E-state index in [1.54, 1.807) is 5.32 Å². The molecule has 1 aromatic rings. The Hall–Kier alpha value is -1.86.